The first-order chi connectivity index (χ1) is 14.8. The molecule has 3 aromatic rings. The van der Waals surface area contributed by atoms with Crippen molar-refractivity contribution in [1.82, 2.24) is 14.5 Å². The maximum atomic E-state index is 13.2. The number of sulfonamides is 1. The molecule has 7 nitrogen and oxygen atoms in total. The van der Waals surface area contributed by atoms with E-state index in [-0.39, 0.29) is 21.5 Å². The fraction of sp³-hybridized carbons (Fsp3) is 0.211. The Morgan fingerprint density at radius 2 is 1.90 bits per heavy atom. The molecule has 1 aromatic heterocycles. The largest absolute Gasteiger partial charge is 0.299 e. The van der Waals surface area contributed by atoms with Gasteiger partial charge >= 0.3 is 0 Å². The summed E-state index contributed by atoms with van der Waals surface area (Å²) in [6, 6.07) is 10.9. The van der Waals surface area contributed by atoms with Crippen LogP contribution in [0.15, 0.2) is 51.8 Å². The number of nitrogens with zero attached hydrogens (tertiary/aromatic N) is 3. The minimum Gasteiger partial charge on any atom is -0.299 e. The summed E-state index contributed by atoms with van der Waals surface area (Å²) in [4.78, 5) is 12.8. The molecule has 31 heavy (non-hydrogen) atoms. The molecule has 1 fully saturated rings. The summed E-state index contributed by atoms with van der Waals surface area (Å²) in [6.07, 6.45) is 0.942. The second-order valence-electron chi connectivity index (χ2n) is 6.76. The smallest absolute Gasteiger partial charge is 0.245 e. The Morgan fingerprint density at radius 3 is 2.65 bits per heavy atom. The zero-order chi connectivity index (χ0) is 22.2. The lowest BCUT2D eigenvalue weighted by Crippen LogP contribution is -2.43. The van der Waals surface area contributed by atoms with Crippen LogP contribution in [0.2, 0.25) is 10.0 Å². The number of carbonyl (C=O) groups is 1. The van der Waals surface area contributed by atoms with Crippen molar-refractivity contribution < 1.29 is 13.2 Å². The average molecular weight is 562 g/mol. The number of anilines is 1. The highest BCUT2D eigenvalue weighted by atomic mass is 79.9. The van der Waals surface area contributed by atoms with Gasteiger partial charge in [-0.3, -0.25) is 10.1 Å². The van der Waals surface area contributed by atoms with Crippen molar-refractivity contribution in [3.05, 3.63) is 57.0 Å². The molecule has 1 amide bonds. The van der Waals surface area contributed by atoms with E-state index in [1.807, 2.05) is 24.3 Å². The van der Waals surface area contributed by atoms with E-state index in [4.69, 9.17) is 23.2 Å². The quantitative estimate of drug-likeness (QED) is 0.469. The van der Waals surface area contributed by atoms with Gasteiger partial charge in [-0.1, -0.05) is 62.6 Å². The van der Waals surface area contributed by atoms with Gasteiger partial charge in [0.1, 0.15) is 15.9 Å². The topological polar surface area (TPSA) is 92.3 Å². The van der Waals surface area contributed by atoms with Gasteiger partial charge in [0.15, 0.2) is 0 Å². The number of nitrogens with one attached hydrogen (secondary N) is 1. The number of hydrogen-bond donors (Lipinski definition) is 1. The van der Waals surface area contributed by atoms with Crippen LogP contribution < -0.4 is 5.32 Å². The third-order valence-corrected chi connectivity index (χ3v) is 8.77. The molecule has 1 aliphatic rings. The van der Waals surface area contributed by atoms with Gasteiger partial charge in [0, 0.05) is 21.6 Å². The predicted molar refractivity (Wildman–Crippen MR) is 125 cm³/mol. The Hall–Kier alpha value is -1.56. The van der Waals surface area contributed by atoms with Crippen LogP contribution in [0.4, 0.5) is 5.13 Å². The lowest BCUT2D eigenvalue weighted by Gasteiger charge is -2.23. The standard InChI is InChI=1S/C19H15BrCl2N4O3S2/c20-12-5-3-11(4-6-12)18-24-25-19(30-18)23-17(27)15-2-1-9-26(15)31(28,29)16-10-13(21)7-8-14(16)22/h3-8,10,15H,1-2,9H2,(H,23,25,27)/t15-/m1/s1. The first kappa shape index (κ1) is 22.6. The van der Waals surface area contributed by atoms with Crippen LogP contribution in [0, 0.1) is 0 Å². The second kappa shape index (κ2) is 9.13. The Labute approximate surface area is 201 Å². The number of amides is 1. The molecular formula is C19H15BrCl2N4O3S2. The molecule has 0 spiro atoms. The molecule has 0 aliphatic carbocycles. The van der Waals surface area contributed by atoms with Gasteiger partial charge in [0.2, 0.25) is 21.1 Å². The normalized spacial score (nSPS) is 17.1. The van der Waals surface area contributed by atoms with Crippen molar-refractivity contribution in [3.8, 4) is 10.6 Å². The number of benzene rings is 2. The van der Waals surface area contributed by atoms with E-state index in [1.54, 1.807) is 0 Å². The van der Waals surface area contributed by atoms with E-state index in [1.165, 1.54) is 29.5 Å². The van der Waals surface area contributed by atoms with Crippen molar-refractivity contribution in [2.45, 2.75) is 23.8 Å². The molecular weight excluding hydrogens is 547 g/mol. The summed E-state index contributed by atoms with van der Waals surface area (Å²) < 4.78 is 28.4. The van der Waals surface area contributed by atoms with Crippen molar-refractivity contribution >= 4 is 71.5 Å². The van der Waals surface area contributed by atoms with E-state index >= 15 is 0 Å². The number of rotatable bonds is 5. The lowest BCUT2D eigenvalue weighted by atomic mass is 10.2. The van der Waals surface area contributed by atoms with Crippen LogP contribution in [0.25, 0.3) is 10.6 Å². The summed E-state index contributed by atoms with van der Waals surface area (Å²) in [7, 11) is -4.00. The SMILES string of the molecule is O=C(Nc1nnc(-c2ccc(Br)cc2)s1)[C@H]1CCCN1S(=O)(=O)c1cc(Cl)ccc1Cl. The summed E-state index contributed by atoms with van der Waals surface area (Å²) in [6.45, 7) is 0.212. The molecule has 0 radical (unpaired) electrons. The first-order valence-electron chi connectivity index (χ1n) is 9.13. The molecule has 1 saturated heterocycles. The zero-order valence-corrected chi connectivity index (χ0v) is 20.5. The van der Waals surface area contributed by atoms with E-state index in [0.717, 1.165) is 14.3 Å². The molecule has 12 heteroatoms. The van der Waals surface area contributed by atoms with Crippen LogP contribution in [-0.2, 0) is 14.8 Å². The van der Waals surface area contributed by atoms with Crippen molar-refractivity contribution in [2.24, 2.45) is 0 Å². The Balaban J connectivity index is 1.53. The van der Waals surface area contributed by atoms with Crippen molar-refractivity contribution in [1.29, 1.82) is 0 Å². The van der Waals surface area contributed by atoms with Crippen LogP contribution in [-0.4, -0.2) is 41.4 Å². The Kier molecular flexibility index (Phi) is 6.66. The molecule has 1 aliphatic heterocycles. The molecule has 1 N–H and O–H groups in total. The van der Waals surface area contributed by atoms with Gasteiger partial charge in [0.25, 0.3) is 0 Å². The van der Waals surface area contributed by atoms with Crippen molar-refractivity contribution in [2.75, 3.05) is 11.9 Å². The second-order valence-corrected chi connectivity index (χ2v) is 11.4. The number of aromatic nitrogens is 2. The van der Waals surface area contributed by atoms with E-state index in [2.05, 4.69) is 31.4 Å². The maximum absolute atomic E-state index is 13.2. The maximum Gasteiger partial charge on any atom is 0.245 e. The molecule has 2 heterocycles. The Morgan fingerprint density at radius 1 is 1.16 bits per heavy atom. The molecule has 0 bridgehead atoms. The number of hydrogen-bond acceptors (Lipinski definition) is 6. The predicted octanol–water partition coefficient (Wildman–Crippen LogP) is 5.07. The molecule has 1 atom stereocenters. The molecule has 4 rings (SSSR count). The van der Waals surface area contributed by atoms with Gasteiger partial charge in [-0.2, -0.15) is 4.31 Å². The third kappa shape index (κ3) is 4.79. The number of halogens is 3. The highest BCUT2D eigenvalue weighted by Gasteiger charge is 2.40. The van der Waals surface area contributed by atoms with Crippen LogP contribution in [0.1, 0.15) is 12.8 Å². The van der Waals surface area contributed by atoms with Gasteiger partial charge in [-0.15, -0.1) is 10.2 Å². The van der Waals surface area contributed by atoms with Crippen molar-refractivity contribution in [3.63, 3.8) is 0 Å². The van der Waals surface area contributed by atoms with Crippen LogP contribution in [0.3, 0.4) is 0 Å². The van der Waals surface area contributed by atoms with Gasteiger partial charge in [-0.05, 0) is 43.2 Å². The summed E-state index contributed by atoms with van der Waals surface area (Å²) in [5, 5.41) is 12.1. The summed E-state index contributed by atoms with van der Waals surface area (Å²) >= 11 is 16.7. The zero-order valence-electron chi connectivity index (χ0n) is 15.8. The van der Waals surface area contributed by atoms with E-state index in [0.29, 0.717) is 23.0 Å². The molecule has 2 aromatic carbocycles. The highest BCUT2D eigenvalue weighted by Crippen LogP contribution is 2.33. The number of carbonyl (C=O) groups excluding carboxylic acids is 1. The molecule has 0 saturated carbocycles. The summed E-state index contributed by atoms with van der Waals surface area (Å²) in [5.41, 5.74) is 0.863. The van der Waals surface area contributed by atoms with Crippen LogP contribution in [0.5, 0.6) is 0 Å². The highest BCUT2D eigenvalue weighted by molar-refractivity contribution is 9.10. The van der Waals surface area contributed by atoms with Crippen LogP contribution >= 0.6 is 50.5 Å². The third-order valence-electron chi connectivity index (χ3n) is 4.73. The minimum atomic E-state index is -4.00. The fourth-order valence-electron chi connectivity index (χ4n) is 3.26. The monoisotopic (exact) mass is 560 g/mol. The van der Waals surface area contributed by atoms with E-state index < -0.39 is 22.0 Å². The average Bonchev–Trinajstić information content (AvgIpc) is 3.40. The molecule has 162 valence electrons. The first-order valence-corrected chi connectivity index (χ1v) is 12.9. The van der Waals surface area contributed by atoms with Gasteiger partial charge in [0.05, 0.1) is 5.02 Å². The molecule has 0 unspecified atom stereocenters. The van der Waals surface area contributed by atoms with Gasteiger partial charge in [-0.25, -0.2) is 8.42 Å². The van der Waals surface area contributed by atoms with E-state index in [9.17, 15) is 13.2 Å². The van der Waals surface area contributed by atoms with Gasteiger partial charge < -0.3 is 0 Å². The fourth-order valence-corrected chi connectivity index (χ4v) is 6.67. The Bertz CT molecular complexity index is 1240. The lowest BCUT2D eigenvalue weighted by molar-refractivity contribution is -0.119. The summed E-state index contributed by atoms with van der Waals surface area (Å²) in [5.74, 6) is -0.460. The minimum absolute atomic E-state index is 0.0544.